The molecule has 1 aliphatic rings. The first-order valence-electron chi connectivity index (χ1n) is 9.83. The summed E-state index contributed by atoms with van der Waals surface area (Å²) >= 11 is 0. The van der Waals surface area contributed by atoms with Crippen LogP contribution in [-0.4, -0.2) is 0 Å². The van der Waals surface area contributed by atoms with Crippen LogP contribution in [0.1, 0.15) is 89.0 Å². The van der Waals surface area contributed by atoms with Crippen LogP contribution in [0.4, 0.5) is 0 Å². The Labute approximate surface area is 154 Å². The minimum absolute atomic E-state index is 0.159. The maximum Gasteiger partial charge on any atom is -0.0129 e. The van der Waals surface area contributed by atoms with Crippen LogP contribution < -0.4 is 0 Å². The van der Waals surface area contributed by atoms with Gasteiger partial charge >= 0.3 is 0 Å². The molecule has 2 aromatic carbocycles. The van der Waals surface area contributed by atoms with E-state index in [2.05, 4.69) is 84.9 Å². The quantitative estimate of drug-likeness (QED) is 0.532. The van der Waals surface area contributed by atoms with Gasteiger partial charge in [-0.1, -0.05) is 84.4 Å². The molecule has 0 radical (unpaired) electrons. The van der Waals surface area contributed by atoms with Crippen molar-refractivity contribution in [2.75, 3.05) is 0 Å². The van der Waals surface area contributed by atoms with E-state index in [0.29, 0.717) is 0 Å². The van der Waals surface area contributed by atoms with Crippen molar-refractivity contribution in [1.82, 2.24) is 0 Å². The first kappa shape index (κ1) is 18.2. The number of benzene rings is 2. The van der Waals surface area contributed by atoms with Crippen molar-refractivity contribution in [3.8, 4) is 11.1 Å². The Hall–Kier alpha value is -1.56. The molecular weight excluding hydrogens is 300 g/mol. The molecular formula is C25H34. The summed E-state index contributed by atoms with van der Waals surface area (Å²) in [5.41, 5.74) is 8.94. The second-order valence-corrected chi connectivity index (χ2v) is 9.95. The van der Waals surface area contributed by atoms with E-state index >= 15 is 0 Å². The van der Waals surface area contributed by atoms with Crippen LogP contribution in [0.15, 0.2) is 36.4 Å². The van der Waals surface area contributed by atoms with E-state index in [9.17, 15) is 0 Å². The zero-order chi connectivity index (χ0) is 18.4. The number of rotatable bonds is 2. The predicted molar refractivity (Wildman–Crippen MR) is 111 cm³/mol. The van der Waals surface area contributed by atoms with Gasteiger partial charge in [-0.15, -0.1) is 0 Å². The van der Waals surface area contributed by atoms with Crippen molar-refractivity contribution in [2.45, 2.75) is 84.5 Å². The van der Waals surface area contributed by atoms with Crippen molar-refractivity contribution >= 4 is 0 Å². The first-order chi connectivity index (χ1) is 11.6. The Morgan fingerprint density at radius 2 is 1.20 bits per heavy atom. The monoisotopic (exact) mass is 334 g/mol. The zero-order valence-electron chi connectivity index (χ0n) is 17.2. The number of hydrogen-bond donors (Lipinski definition) is 0. The Kier molecular flexibility index (Phi) is 4.60. The van der Waals surface area contributed by atoms with Gasteiger partial charge in [-0.25, -0.2) is 0 Å². The van der Waals surface area contributed by atoms with E-state index in [4.69, 9.17) is 0 Å². The molecule has 0 atom stereocenters. The summed E-state index contributed by atoms with van der Waals surface area (Å²) in [7, 11) is 0. The molecule has 0 heterocycles. The van der Waals surface area contributed by atoms with Crippen LogP contribution in [0.25, 0.3) is 11.1 Å². The van der Waals surface area contributed by atoms with Crippen LogP contribution in [0.2, 0.25) is 0 Å². The third kappa shape index (κ3) is 3.68. The summed E-state index contributed by atoms with van der Waals surface area (Å²) in [5.74, 6) is 0.808. The lowest BCUT2D eigenvalue weighted by Crippen LogP contribution is -2.19. The summed E-state index contributed by atoms with van der Waals surface area (Å²) in [4.78, 5) is 0. The van der Waals surface area contributed by atoms with Crippen molar-refractivity contribution < 1.29 is 0 Å². The van der Waals surface area contributed by atoms with E-state index < -0.39 is 0 Å². The maximum absolute atomic E-state index is 2.42. The fourth-order valence-corrected chi connectivity index (χ4v) is 4.13. The molecule has 0 N–H and O–H groups in total. The average Bonchev–Trinajstić information content (AvgIpc) is 2.44. The molecule has 1 fully saturated rings. The molecule has 1 aliphatic carbocycles. The highest BCUT2D eigenvalue weighted by Gasteiger charge is 2.25. The number of hydrogen-bond acceptors (Lipinski definition) is 0. The van der Waals surface area contributed by atoms with E-state index in [-0.39, 0.29) is 10.8 Å². The highest BCUT2D eigenvalue weighted by molar-refractivity contribution is 5.68. The first-order valence-corrected chi connectivity index (χ1v) is 9.83. The van der Waals surface area contributed by atoms with Crippen LogP contribution in [0, 0.1) is 6.92 Å². The molecule has 134 valence electrons. The van der Waals surface area contributed by atoms with Gasteiger partial charge in [0.1, 0.15) is 0 Å². The van der Waals surface area contributed by atoms with Gasteiger partial charge < -0.3 is 0 Å². The fourth-order valence-electron chi connectivity index (χ4n) is 4.13. The molecule has 25 heavy (non-hydrogen) atoms. The Morgan fingerprint density at radius 3 is 1.56 bits per heavy atom. The molecule has 2 aromatic rings. The minimum atomic E-state index is 0.159. The van der Waals surface area contributed by atoms with Gasteiger partial charge in [0.25, 0.3) is 0 Å². The molecule has 0 nitrogen and oxygen atoms in total. The van der Waals surface area contributed by atoms with Gasteiger partial charge in [0.2, 0.25) is 0 Å². The van der Waals surface area contributed by atoms with E-state index in [1.807, 2.05) is 0 Å². The zero-order valence-corrected chi connectivity index (χ0v) is 17.2. The summed E-state index contributed by atoms with van der Waals surface area (Å²) in [6, 6.07) is 14.2. The lowest BCUT2D eigenvalue weighted by Gasteiger charge is -2.30. The third-order valence-electron chi connectivity index (χ3n) is 5.84. The van der Waals surface area contributed by atoms with Crippen molar-refractivity contribution in [2.24, 2.45) is 0 Å². The molecule has 0 aromatic heterocycles. The second-order valence-electron chi connectivity index (χ2n) is 9.95. The Morgan fingerprint density at radius 1 is 0.720 bits per heavy atom. The van der Waals surface area contributed by atoms with Crippen LogP contribution in [0.3, 0.4) is 0 Å². The van der Waals surface area contributed by atoms with Gasteiger partial charge in [-0.05, 0) is 69.9 Å². The summed E-state index contributed by atoms with van der Waals surface area (Å²) in [6.07, 6.45) is 4.13. The van der Waals surface area contributed by atoms with Gasteiger partial charge in [0.15, 0.2) is 0 Å². The molecule has 0 aliphatic heterocycles. The molecule has 0 spiro atoms. The van der Waals surface area contributed by atoms with Gasteiger partial charge in [-0.3, -0.25) is 0 Å². The SMILES string of the molecule is Cc1c(C(C)(C)C)cc(-c2ccc(C3CCC3)cc2)cc1C(C)(C)C. The standard InChI is InChI=1S/C25H34/c1-17-22(24(2,3)4)15-21(16-23(17)25(5,6)7)20-13-11-19(12-14-20)18-9-8-10-18/h11-16,18H,8-10H2,1-7H3. The van der Waals surface area contributed by atoms with Gasteiger partial charge in [0, 0.05) is 0 Å². The van der Waals surface area contributed by atoms with Crippen LogP contribution >= 0.6 is 0 Å². The maximum atomic E-state index is 2.42. The second kappa shape index (κ2) is 6.31. The van der Waals surface area contributed by atoms with Crippen molar-refractivity contribution in [1.29, 1.82) is 0 Å². The van der Waals surface area contributed by atoms with Gasteiger partial charge in [-0.2, -0.15) is 0 Å². The molecule has 0 saturated heterocycles. The molecule has 1 saturated carbocycles. The topological polar surface area (TPSA) is 0 Å². The summed E-state index contributed by atoms with van der Waals surface area (Å²) in [6.45, 7) is 16.2. The third-order valence-corrected chi connectivity index (χ3v) is 5.84. The van der Waals surface area contributed by atoms with Crippen molar-refractivity contribution in [3.63, 3.8) is 0 Å². The smallest absolute Gasteiger partial charge is 0.0129 e. The fraction of sp³-hybridized carbons (Fsp3) is 0.520. The average molecular weight is 335 g/mol. The van der Waals surface area contributed by atoms with Crippen LogP contribution in [0.5, 0.6) is 0 Å². The predicted octanol–water partition coefficient (Wildman–Crippen LogP) is 7.52. The molecule has 0 unspecified atom stereocenters. The highest BCUT2D eigenvalue weighted by atomic mass is 14.3. The molecule has 3 rings (SSSR count). The van der Waals surface area contributed by atoms with Gasteiger partial charge in [0.05, 0.1) is 0 Å². The van der Waals surface area contributed by atoms with Crippen molar-refractivity contribution in [3.05, 3.63) is 58.7 Å². The summed E-state index contributed by atoms with van der Waals surface area (Å²) in [5, 5.41) is 0. The van der Waals surface area contributed by atoms with E-state index in [0.717, 1.165) is 5.92 Å². The Bertz CT molecular complexity index is 709. The van der Waals surface area contributed by atoms with E-state index in [1.54, 1.807) is 0 Å². The normalized spacial score (nSPS) is 16.0. The highest BCUT2D eigenvalue weighted by Crippen LogP contribution is 2.39. The minimum Gasteiger partial charge on any atom is -0.0581 e. The molecule has 0 bridgehead atoms. The lowest BCUT2D eigenvalue weighted by molar-refractivity contribution is 0.420. The lowest BCUT2D eigenvalue weighted by atomic mass is 9.75. The summed E-state index contributed by atoms with van der Waals surface area (Å²) < 4.78 is 0. The largest absolute Gasteiger partial charge is 0.0581 e. The molecule has 0 amide bonds. The van der Waals surface area contributed by atoms with Crippen LogP contribution in [-0.2, 0) is 10.8 Å². The van der Waals surface area contributed by atoms with E-state index in [1.165, 1.54) is 52.6 Å². The Balaban J connectivity index is 2.09. The molecule has 0 heteroatoms.